The number of hydrogen-bond acceptors (Lipinski definition) is 3. The third-order valence-electron chi connectivity index (χ3n) is 3.15. The monoisotopic (exact) mass is 255 g/mol. The molecule has 3 rings (SSSR count). The van der Waals surface area contributed by atoms with E-state index in [4.69, 9.17) is 9.47 Å². The van der Waals surface area contributed by atoms with Crippen molar-refractivity contribution in [2.45, 2.75) is 12.3 Å². The second-order valence-corrected chi connectivity index (χ2v) is 4.51. The Morgan fingerprint density at radius 1 is 1.00 bits per heavy atom. The minimum absolute atomic E-state index is 0.0948. The summed E-state index contributed by atoms with van der Waals surface area (Å²) in [6.45, 7) is 1.60. The smallest absolute Gasteiger partial charge is 0.163 e. The predicted octanol–water partition coefficient (Wildman–Crippen LogP) is 2.75. The summed E-state index contributed by atoms with van der Waals surface area (Å²) >= 11 is 0. The highest BCUT2D eigenvalue weighted by Crippen LogP contribution is 2.26. The molecule has 0 amide bonds. The highest BCUT2D eigenvalue weighted by Gasteiger charge is 2.28. The zero-order valence-electron chi connectivity index (χ0n) is 10.7. The molecule has 0 radical (unpaired) electrons. The molecule has 98 valence electrons. The Bertz CT molecular complexity index is 495. The molecule has 0 aromatic heterocycles. The van der Waals surface area contributed by atoms with Crippen LogP contribution in [0.25, 0.3) is 0 Å². The lowest BCUT2D eigenvalue weighted by molar-refractivity contribution is 0.00132. The van der Waals surface area contributed by atoms with Crippen molar-refractivity contribution in [2.75, 3.05) is 13.2 Å². The Hall–Kier alpha value is -1.84. The van der Waals surface area contributed by atoms with Crippen molar-refractivity contribution in [3.8, 4) is 5.75 Å². The van der Waals surface area contributed by atoms with E-state index in [-0.39, 0.29) is 12.3 Å². The van der Waals surface area contributed by atoms with Gasteiger partial charge in [0, 0.05) is 6.54 Å². The highest BCUT2D eigenvalue weighted by molar-refractivity contribution is 5.25. The Balaban J connectivity index is 1.84. The van der Waals surface area contributed by atoms with Crippen molar-refractivity contribution >= 4 is 0 Å². The first-order valence-corrected chi connectivity index (χ1v) is 6.55. The summed E-state index contributed by atoms with van der Waals surface area (Å²) in [7, 11) is 0. The van der Waals surface area contributed by atoms with Gasteiger partial charge in [0.2, 0.25) is 0 Å². The van der Waals surface area contributed by atoms with Crippen molar-refractivity contribution in [2.24, 2.45) is 0 Å². The molecule has 1 N–H and O–H groups in total. The summed E-state index contributed by atoms with van der Waals surface area (Å²) in [6.07, 6.45) is -0.228. The third kappa shape index (κ3) is 2.95. The Morgan fingerprint density at radius 2 is 1.68 bits per heavy atom. The fourth-order valence-electron chi connectivity index (χ4n) is 2.23. The van der Waals surface area contributed by atoms with Gasteiger partial charge in [0.05, 0.1) is 6.61 Å². The van der Waals surface area contributed by atoms with Gasteiger partial charge in [0.25, 0.3) is 0 Å². The molecule has 1 aliphatic heterocycles. The van der Waals surface area contributed by atoms with Gasteiger partial charge in [-0.3, -0.25) is 5.32 Å². The molecule has 19 heavy (non-hydrogen) atoms. The molecule has 0 spiro atoms. The van der Waals surface area contributed by atoms with Gasteiger partial charge >= 0.3 is 0 Å². The van der Waals surface area contributed by atoms with E-state index >= 15 is 0 Å². The second kappa shape index (κ2) is 5.87. The van der Waals surface area contributed by atoms with Crippen LogP contribution in [0.1, 0.15) is 11.7 Å². The number of rotatable bonds is 4. The van der Waals surface area contributed by atoms with Crippen LogP contribution in [0.2, 0.25) is 0 Å². The van der Waals surface area contributed by atoms with E-state index in [9.17, 15) is 0 Å². The molecule has 1 aliphatic rings. The lowest BCUT2D eigenvalue weighted by Gasteiger charge is -2.24. The molecular formula is C16H17NO2. The Labute approximate surface area is 113 Å². The molecular weight excluding hydrogens is 238 g/mol. The summed E-state index contributed by atoms with van der Waals surface area (Å²) in [5, 5.41) is 3.33. The molecule has 1 heterocycles. The van der Waals surface area contributed by atoms with E-state index in [1.165, 1.54) is 0 Å². The van der Waals surface area contributed by atoms with E-state index in [0.29, 0.717) is 0 Å². The van der Waals surface area contributed by atoms with Gasteiger partial charge in [0.15, 0.2) is 6.10 Å². The van der Waals surface area contributed by atoms with Gasteiger partial charge in [0.1, 0.15) is 12.0 Å². The lowest BCUT2D eigenvalue weighted by atomic mass is 10.1. The van der Waals surface area contributed by atoms with Crippen LogP contribution in [0, 0.1) is 0 Å². The summed E-state index contributed by atoms with van der Waals surface area (Å²) in [4.78, 5) is 0. The maximum absolute atomic E-state index is 6.10. The first-order valence-electron chi connectivity index (χ1n) is 6.55. The van der Waals surface area contributed by atoms with Crippen LogP contribution < -0.4 is 10.1 Å². The zero-order valence-corrected chi connectivity index (χ0v) is 10.7. The molecule has 0 aliphatic carbocycles. The van der Waals surface area contributed by atoms with Crippen molar-refractivity contribution in [1.82, 2.24) is 5.32 Å². The van der Waals surface area contributed by atoms with Gasteiger partial charge in [-0.2, -0.15) is 0 Å². The number of nitrogens with one attached hydrogen (secondary N) is 1. The summed E-state index contributed by atoms with van der Waals surface area (Å²) in [5.74, 6) is 0.855. The molecule has 0 bridgehead atoms. The lowest BCUT2D eigenvalue weighted by Crippen LogP contribution is -2.33. The van der Waals surface area contributed by atoms with E-state index in [1.54, 1.807) is 0 Å². The number of para-hydroxylation sites is 1. The fraction of sp³-hybridized carbons (Fsp3) is 0.250. The molecule has 2 aromatic rings. The second-order valence-electron chi connectivity index (χ2n) is 4.51. The minimum atomic E-state index is -0.133. The summed E-state index contributed by atoms with van der Waals surface area (Å²) < 4.78 is 11.8. The molecule has 1 fully saturated rings. The van der Waals surface area contributed by atoms with E-state index < -0.39 is 0 Å². The van der Waals surface area contributed by atoms with Crippen molar-refractivity contribution < 1.29 is 9.47 Å². The largest absolute Gasteiger partial charge is 0.482 e. The first-order chi connectivity index (χ1) is 9.43. The van der Waals surface area contributed by atoms with Crippen molar-refractivity contribution in [3.63, 3.8) is 0 Å². The highest BCUT2D eigenvalue weighted by atomic mass is 16.6. The fourth-order valence-corrected chi connectivity index (χ4v) is 2.23. The van der Waals surface area contributed by atoms with Crippen LogP contribution in [0.3, 0.4) is 0 Å². The van der Waals surface area contributed by atoms with Crippen LogP contribution in [-0.4, -0.2) is 19.4 Å². The van der Waals surface area contributed by atoms with E-state index in [0.717, 1.165) is 24.5 Å². The van der Waals surface area contributed by atoms with Crippen LogP contribution in [0.5, 0.6) is 5.75 Å². The van der Waals surface area contributed by atoms with Gasteiger partial charge in [-0.1, -0.05) is 48.5 Å². The quantitative estimate of drug-likeness (QED) is 0.911. The van der Waals surface area contributed by atoms with Crippen LogP contribution in [-0.2, 0) is 4.74 Å². The summed E-state index contributed by atoms with van der Waals surface area (Å²) in [6, 6.07) is 20.0. The maximum atomic E-state index is 6.10. The number of benzene rings is 2. The number of hydrogen-bond donors (Lipinski definition) is 1. The number of ether oxygens (including phenoxy) is 2. The zero-order chi connectivity index (χ0) is 12.9. The van der Waals surface area contributed by atoms with Crippen LogP contribution >= 0.6 is 0 Å². The van der Waals surface area contributed by atoms with Crippen molar-refractivity contribution in [1.29, 1.82) is 0 Å². The van der Waals surface area contributed by atoms with Gasteiger partial charge < -0.3 is 9.47 Å². The van der Waals surface area contributed by atoms with E-state index in [2.05, 4.69) is 17.4 Å². The van der Waals surface area contributed by atoms with Crippen LogP contribution in [0.15, 0.2) is 60.7 Å². The Morgan fingerprint density at radius 3 is 2.32 bits per heavy atom. The molecule has 3 heteroatoms. The first kappa shape index (κ1) is 12.2. The molecule has 2 atom stereocenters. The van der Waals surface area contributed by atoms with Gasteiger partial charge in [-0.15, -0.1) is 0 Å². The van der Waals surface area contributed by atoms with Gasteiger partial charge in [-0.05, 0) is 17.7 Å². The Kier molecular flexibility index (Phi) is 3.77. The maximum Gasteiger partial charge on any atom is 0.163 e. The average Bonchev–Trinajstić information content (AvgIpc) is 3.01. The molecule has 2 aromatic carbocycles. The van der Waals surface area contributed by atoms with Crippen molar-refractivity contribution in [3.05, 3.63) is 66.2 Å². The van der Waals surface area contributed by atoms with Gasteiger partial charge in [-0.25, -0.2) is 0 Å². The molecule has 1 saturated heterocycles. The third-order valence-corrected chi connectivity index (χ3v) is 3.15. The molecule has 0 saturated carbocycles. The normalized spacial score (nSPS) is 20.1. The summed E-state index contributed by atoms with van der Waals surface area (Å²) in [5.41, 5.74) is 1.12. The predicted molar refractivity (Wildman–Crippen MR) is 74.0 cm³/mol. The standard InChI is InChI=1S/C16H17NO2/c1-3-7-13(8-4-1)15(16-17-11-12-18-16)19-14-9-5-2-6-10-14/h1-10,15-17H,11-12H2. The SMILES string of the molecule is c1ccc(OC(c2ccccc2)C2NCCO2)cc1. The van der Waals surface area contributed by atoms with E-state index in [1.807, 2.05) is 48.5 Å². The topological polar surface area (TPSA) is 30.5 Å². The molecule has 2 unspecified atom stereocenters. The minimum Gasteiger partial charge on any atom is -0.482 e. The molecule has 3 nitrogen and oxygen atoms in total. The average molecular weight is 255 g/mol. The van der Waals surface area contributed by atoms with Crippen LogP contribution in [0.4, 0.5) is 0 Å².